The fraction of sp³-hybridized carbons (Fsp3) is 0.217. The molecule has 0 saturated carbocycles. The van der Waals surface area contributed by atoms with Gasteiger partial charge in [0.15, 0.2) is 17.5 Å². The van der Waals surface area contributed by atoms with Crippen LogP contribution in [-0.2, 0) is 42.8 Å². The van der Waals surface area contributed by atoms with Crippen LogP contribution >= 0.6 is 50.2 Å². The van der Waals surface area contributed by atoms with Crippen LogP contribution in [0, 0.1) is 41.5 Å². The van der Waals surface area contributed by atoms with E-state index in [9.17, 15) is 26.3 Å². The largest absolute Gasteiger partial charge is 0.471 e. The number of nitrogen functional groups attached to an aromatic ring is 1. The molecule has 0 spiro atoms. The van der Waals surface area contributed by atoms with Gasteiger partial charge in [-0.1, -0.05) is 37.8 Å². The van der Waals surface area contributed by atoms with Gasteiger partial charge in [0.1, 0.15) is 16.8 Å². The molecule has 0 bridgehead atoms. The van der Waals surface area contributed by atoms with E-state index in [1.54, 1.807) is 92.4 Å². The average Bonchev–Trinajstić information content (AvgIpc) is 4.26. The Labute approximate surface area is 481 Å². The third-order valence-corrected chi connectivity index (χ3v) is 12.6. The fourth-order valence-electron chi connectivity index (χ4n) is 5.84. The van der Waals surface area contributed by atoms with Crippen molar-refractivity contribution in [1.29, 1.82) is 0 Å². The number of nitrogens with zero attached hydrogens (tertiary/aromatic N) is 17. The number of rotatable bonds is 9. The predicted molar refractivity (Wildman–Crippen MR) is 283 cm³/mol. The monoisotopic (exact) mass is 1250 g/mol. The second-order valence-corrected chi connectivity index (χ2v) is 18.5. The molecule has 0 fully saturated rings. The van der Waals surface area contributed by atoms with Gasteiger partial charge < -0.3 is 25.0 Å². The number of thiophene rings is 2. The number of hydrogen-bond acceptors (Lipinski definition) is 23. The first kappa shape index (κ1) is 64.1. The van der Waals surface area contributed by atoms with Crippen LogP contribution in [0.15, 0.2) is 108 Å². The molecule has 0 saturated heterocycles. The molecular formula is C46H41BBrClF6N19O2S2V. The summed E-state index contributed by atoms with van der Waals surface area (Å²) in [6.07, 6.45) is 9.99. The molecule has 79 heavy (non-hydrogen) atoms. The fourth-order valence-corrected chi connectivity index (χ4v) is 8.16. The van der Waals surface area contributed by atoms with E-state index in [1.165, 1.54) is 28.9 Å². The number of nitrogens with two attached hydrogens (primary N) is 1. The second kappa shape index (κ2) is 30.1. The van der Waals surface area contributed by atoms with Crippen molar-refractivity contribution in [1.82, 2.24) is 80.1 Å². The smallest absolute Gasteiger partial charge is 0.382 e. The van der Waals surface area contributed by atoms with Crippen LogP contribution in [0.3, 0.4) is 0 Å². The minimum atomic E-state index is -4.68. The van der Waals surface area contributed by atoms with Gasteiger partial charge in [-0.2, -0.15) is 36.3 Å². The zero-order chi connectivity index (χ0) is 55.7. The Balaban J connectivity index is 0.000000233. The molecule has 10 heterocycles. The van der Waals surface area contributed by atoms with Crippen molar-refractivity contribution in [3.63, 3.8) is 0 Å². The number of hydrogen-bond donors (Lipinski definition) is 2. The second-order valence-electron chi connectivity index (χ2n) is 15.3. The quantitative estimate of drug-likeness (QED) is 0.0772. The van der Waals surface area contributed by atoms with Crippen molar-refractivity contribution in [2.75, 3.05) is 16.0 Å². The van der Waals surface area contributed by atoms with Crippen LogP contribution in [0.25, 0.3) is 21.4 Å². The van der Waals surface area contributed by atoms with Crippen LogP contribution in [-0.4, -0.2) is 88.5 Å². The summed E-state index contributed by atoms with van der Waals surface area (Å²) in [6.45, 7) is 11.6. The first-order chi connectivity index (χ1) is 36.7. The Hall–Kier alpha value is -7.44. The van der Waals surface area contributed by atoms with E-state index in [4.69, 9.17) is 17.3 Å². The maximum atomic E-state index is 12.7. The summed E-state index contributed by atoms with van der Waals surface area (Å²) in [6, 6.07) is 6.88. The maximum Gasteiger partial charge on any atom is 0.471 e. The van der Waals surface area contributed by atoms with E-state index in [0.717, 1.165) is 38.2 Å². The number of anilines is 5. The van der Waals surface area contributed by atoms with Crippen molar-refractivity contribution in [3.8, 4) is 21.4 Å². The summed E-state index contributed by atoms with van der Waals surface area (Å²) in [5, 5.41) is 10.9. The first-order valence-electron chi connectivity index (χ1n) is 21.9. The van der Waals surface area contributed by atoms with Gasteiger partial charge in [-0.15, -0.1) is 22.7 Å². The number of nitrogens with one attached hydrogen (secondary N) is 1. The number of aromatic nitrogens is 16. The molecule has 0 atom stereocenters. The molecular weight excluding hydrogens is 1210 g/mol. The molecule has 10 aromatic heterocycles. The van der Waals surface area contributed by atoms with E-state index < -0.39 is 24.1 Å². The molecule has 0 aliphatic carbocycles. The van der Waals surface area contributed by atoms with Gasteiger partial charge in [0.25, 0.3) is 0 Å². The summed E-state index contributed by atoms with van der Waals surface area (Å²) in [4.78, 5) is 60.7. The molecule has 10 aromatic rings. The third-order valence-electron chi connectivity index (χ3n) is 9.14. The number of alkyl halides is 7. The van der Waals surface area contributed by atoms with Crippen molar-refractivity contribution < 1.29 is 53.9 Å². The Kier molecular flexibility index (Phi) is 24.4. The molecule has 4 radical (unpaired) electrons. The van der Waals surface area contributed by atoms with E-state index in [1.807, 2.05) is 46.4 Å². The Morgan fingerprint density at radius 2 is 1.10 bits per heavy atom. The minimum absolute atomic E-state index is 0. The molecule has 0 aliphatic heterocycles. The van der Waals surface area contributed by atoms with Crippen molar-refractivity contribution in [2.24, 2.45) is 0 Å². The number of aryl methyl sites for hydroxylation is 6. The van der Waals surface area contributed by atoms with Gasteiger partial charge in [-0.05, 0) is 65.8 Å². The van der Waals surface area contributed by atoms with Gasteiger partial charge >= 0.3 is 24.1 Å². The van der Waals surface area contributed by atoms with Crippen LogP contribution in [0.5, 0.6) is 0 Å². The van der Waals surface area contributed by atoms with Gasteiger partial charge in [0.2, 0.25) is 11.6 Å². The molecule has 33 heteroatoms. The predicted octanol–water partition coefficient (Wildman–Crippen LogP) is 11.1. The Morgan fingerprint density at radius 1 is 0.595 bits per heavy atom. The Morgan fingerprint density at radius 3 is 1.53 bits per heavy atom. The van der Waals surface area contributed by atoms with Crippen LogP contribution in [0.1, 0.15) is 55.7 Å². The van der Waals surface area contributed by atoms with Crippen LogP contribution < -0.4 is 16.0 Å². The average molecular weight is 1250 g/mol. The SMILES string of the molecule is Cc1cnc(Cl)c(C)n1.Cc1cnc(N(Cc2ccc(-c3noc(C(F)(F)F)n3)s2)c2cnccn2)c(C)n1.Cc1cnc(Nc2cnccn2)c(C)n1.FC(F)(F)c1nc(-c2ccc(CBr)s2)no1.Nc1cnccn1.[B].[V]. The zero-order valence-corrected chi connectivity index (χ0v) is 47.4. The first-order valence-corrected chi connectivity index (χ1v) is 25.0. The molecule has 408 valence electrons. The van der Waals surface area contributed by atoms with Crippen molar-refractivity contribution in [3.05, 3.63) is 159 Å². The zero-order valence-electron chi connectivity index (χ0n) is 42.0. The maximum absolute atomic E-state index is 12.7. The van der Waals surface area contributed by atoms with Gasteiger partial charge in [0.05, 0.1) is 81.4 Å². The molecule has 0 unspecified atom stereocenters. The molecule has 3 N–H and O–H groups in total. The van der Waals surface area contributed by atoms with Gasteiger partial charge in [-0.3, -0.25) is 29.9 Å². The molecule has 21 nitrogen and oxygen atoms in total. The summed E-state index contributed by atoms with van der Waals surface area (Å²) in [5.41, 5.74) is 10.1. The molecule has 0 aliphatic rings. The van der Waals surface area contributed by atoms with Crippen molar-refractivity contribution in [2.45, 2.75) is 65.8 Å². The Bertz CT molecular complexity index is 3450. The van der Waals surface area contributed by atoms with E-state index in [-0.39, 0.29) is 38.6 Å². The summed E-state index contributed by atoms with van der Waals surface area (Å²) >= 11 is 11.4. The van der Waals surface area contributed by atoms with E-state index in [0.29, 0.717) is 61.6 Å². The third kappa shape index (κ3) is 19.8. The summed E-state index contributed by atoms with van der Waals surface area (Å²) in [7, 11) is 0. The van der Waals surface area contributed by atoms with E-state index >= 15 is 0 Å². The molecule has 0 aromatic carbocycles. The minimum Gasteiger partial charge on any atom is -0.382 e. The van der Waals surface area contributed by atoms with Crippen LogP contribution in [0.2, 0.25) is 5.15 Å². The topological polar surface area (TPSA) is 274 Å². The summed E-state index contributed by atoms with van der Waals surface area (Å²) in [5.74, 6) is 0.154. The van der Waals surface area contributed by atoms with Gasteiger partial charge in [0, 0.05) is 85.4 Å². The standard InChI is InChI=1S/C18H14F3N7OS.C10H11N5.C8H4BrF3N2OS.C6H7ClN2.C4H5N3.B.V/c1-10-7-24-16(11(2)25-10)28(14-8-22-5-6-23-14)9-12-3-4-13(30-12)15-26-17(29-27-15)18(19,20)21;1-7-5-13-10(8(2)14-7)15-9-6-11-3-4-12-9;9-3-4-1-2-5(16-4)6-13-7(15-14-6)8(10,11)12;1-4-3-8-6(7)5(2)9-4;5-4-3-6-1-2-7-4;;/h3-8H,9H2,1-2H3;3-6H,1-2H3,(H,12,13,15);1-2H,3H2;3H,1-2H3;1-3H,(H2,5,7);;. The summed E-state index contributed by atoms with van der Waals surface area (Å²) < 4.78 is 83.1. The van der Waals surface area contributed by atoms with Crippen LogP contribution in [0.4, 0.5) is 55.4 Å². The normalized spacial score (nSPS) is 10.6. The molecule has 0 amide bonds. The van der Waals surface area contributed by atoms with E-state index in [2.05, 4.69) is 110 Å². The molecule has 10 rings (SSSR count). The van der Waals surface area contributed by atoms with Gasteiger partial charge in [-0.25, -0.2) is 29.9 Å². The van der Waals surface area contributed by atoms with Crippen molar-refractivity contribution >= 4 is 87.7 Å². The number of halogens is 8.